The van der Waals surface area contributed by atoms with Crippen molar-refractivity contribution in [2.24, 2.45) is 5.92 Å². The molecular weight excluding hydrogens is 216 g/mol. The van der Waals surface area contributed by atoms with Crippen LogP contribution in [0.15, 0.2) is 24.3 Å². The van der Waals surface area contributed by atoms with Crippen LogP contribution in [-0.4, -0.2) is 18.2 Å². The van der Waals surface area contributed by atoms with Crippen LogP contribution in [0.5, 0.6) is 5.75 Å². The van der Waals surface area contributed by atoms with E-state index in [0.29, 0.717) is 6.42 Å². The zero-order valence-electron chi connectivity index (χ0n) is 10.1. The van der Waals surface area contributed by atoms with E-state index in [1.54, 1.807) is 7.11 Å². The number of methoxy groups -OCH3 is 1. The summed E-state index contributed by atoms with van der Waals surface area (Å²) in [6.07, 6.45) is 3.44. The van der Waals surface area contributed by atoms with E-state index in [2.05, 4.69) is 0 Å². The minimum Gasteiger partial charge on any atom is -0.497 e. The SMILES string of the molecule is CCC(C(=O)O)C1=CCc2cc(OC)ccc21. The number of carboxylic acids is 1. The molecule has 0 aliphatic heterocycles. The summed E-state index contributed by atoms with van der Waals surface area (Å²) in [5.74, 6) is -0.325. The number of aliphatic carboxylic acids is 1. The van der Waals surface area contributed by atoms with Gasteiger partial charge in [-0.1, -0.05) is 19.1 Å². The highest BCUT2D eigenvalue weighted by atomic mass is 16.5. The fourth-order valence-corrected chi connectivity index (χ4v) is 2.33. The van der Waals surface area contributed by atoms with Crippen molar-refractivity contribution in [3.63, 3.8) is 0 Å². The number of rotatable bonds is 4. The Balaban J connectivity index is 2.35. The molecule has 0 heterocycles. The van der Waals surface area contributed by atoms with Gasteiger partial charge >= 0.3 is 5.97 Å². The zero-order chi connectivity index (χ0) is 12.4. The van der Waals surface area contributed by atoms with Gasteiger partial charge in [-0.3, -0.25) is 4.79 Å². The van der Waals surface area contributed by atoms with Gasteiger partial charge in [-0.2, -0.15) is 0 Å². The summed E-state index contributed by atoms with van der Waals surface area (Å²) in [7, 11) is 1.64. The fraction of sp³-hybridized carbons (Fsp3) is 0.357. The molecule has 1 N–H and O–H groups in total. The first-order chi connectivity index (χ1) is 8.17. The van der Waals surface area contributed by atoms with Gasteiger partial charge in [-0.25, -0.2) is 0 Å². The lowest BCUT2D eigenvalue weighted by atomic mass is 9.92. The van der Waals surface area contributed by atoms with Crippen LogP contribution < -0.4 is 4.74 Å². The van der Waals surface area contributed by atoms with Gasteiger partial charge in [0.25, 0.3) is 0 Å². The van der Waals surface area contributed by atoms with Crippen LogP contribution in [0.25, 0.3) is 5.57 Å². The molecule has 0 bridgehead atoms. The Morgan fingerprint density at radius 3 is 2.88 bits per heavy atom. The van der Waals surface area contributed by atoms with Crippen LogP contribution >= 0.6 is 0 Å². The molecule has 0 amide bonds. The lowest BCUT2D eigenvalue weighted by Gasteiger charge is -2.13. The van der Waals surface area contributed by atoms with Gasteiger partial charge in [0.05, 0.1) is 13.0 Å². The molecular formula is C14H16O3. The normalized spacial score (nSPS) is 15.1. The van der Waals surface area contributed by atoms with E-state index < -0.39 is 11.9 Å². The van der Waals surface area contributed by atoms with E-state index in [-0.39, 0.29) is 0 Å². The maximum atomic E-state index is 11.2. The standard InChI is InChI=1S/C14H16O3/c1-3-11(14(15)16)13-6-4-9-8-10(17-2)5-7-12(9)13/h5-8,11H,3-4H2,1-2H3,(H,15,16). The Morgan fingerprint density at radius 2 is 2.29 bits per heavy atom. The van der Waals surface area contributed by atoms with Crippen molar-refractivity contribution in [1.82, 2.24) is 0 Å². The monoisotopic (exact) mass is 232 g/mol. The summed E-state index contributed by atoms with van der Waals surface area (Å²) in [6.45, 7) is 1.90. The number of benzene rings is 1. The second-order valence-corrected chi connectivity index (χ2v) is 4.19. The molecule has 17 heavy (non-hydrogen) atoms. The van der Waals surface area contributed by atoms with Crippen molar-refractivity contribution in [3.05, 3.63) is 35.4 Å². The molecule has 0 spiro atoms. The molecule has 3 nitrogen and oxygen atoms in total. The molecule has 1 aromatic carbocycles. The first-order valence-corrected chi connectivity index (χ1v) is 5.77. The van der Waals surface area contributed by atoms with E-state index >= 15 is 0 Å². The second kappa shape index (κ2) is 4.62. The first-order valence-electron chi connectivity index (χ1n) is 5.77. The predicted molar refractivity (Wildman–Crippen MR) is 66.1 cm³/mol. The van der Waals surface area contributed by atoms with E-state index in [1.165, 1.54) is 0 Å². The molecule has 1 unspecified atom stereocenters. The number of hydrogen-bond donors (Lipinski definition) is 1. The molecule has 0 radical (unpaired) electrons. The van der Waals surface area contributed by atoms with Crippen LogP contribution in [0.2, 0.25) is 0 Å². The summed E-state index contributed by atoms with van der Waals surface area (Å²) in [4.78, 5) is 11.2. The Hall–Kier alpha value is -1.77. The molecule has 3 heteroatoms. The van der Waals surface area contributed by atoms with Gasteiger partial charge in [-0.05, 0) is 41.7 Å². The quantitative estimate of drug-likeness (QED) is 0.868. The molecule has 1 aromatic rings. The third-order valence-corrected chi connectivity index (χ3v) is 3.25. The summed E-state index contributed by atoms with van der Waals surface area (Å²) in [5.41, 5.74) is 3.15. The van der Waals surface area contributed by atoms with Crippen LogP contribution in [0.3, 0.4) is 0 Å². The average molecular weight is 232 g/mol. The third kappa shape index (κ3) is 2.05. The van der Waals surface area contributed by atoms with E-state index in [9.17, 15) is 9.90 Å². The van der Waals surface area contributed by atoms with Crippen LogP contribution in [0.1, 0.15) is 24.5 Å². The second-order valence-electron chi connectivity index (χ2n) is 4.19. The molecule has 1 atom stereocenters. The lowest BCUT2D eigenvalue weighted by molar-refractivity contribution is -0.139. The lowest BCUT2D eigenvalue weighted by Crippen LogP contribution is -2.13. The Kier molecular flexibility index (Phi) is 3.18. The number of hydrogen-bond acceptors (Lipinski definition) is 2. The molecule has 90 valence electrons. The van der Waals surface area contributed by atoms with Crippen LogP contribution in [0, 0.1) is 5.92 Å². The number of fused-ring (bicyclic) bond motifs is 1. The topological polar surface area (TPSA) is 46.5 Å². The smallest absolute Gasteiger partial charge is 0.310 e. The Labute approximate surface area is 101 Å². The molecule has 0 aromatic heterocycles. The number of carboxylic acid groups (broad SMARTS) is 1. The minimum absolute atomic E-state index is 0.398. The molecule has 0 saturated heterocycles. The van der Waals surface area contributed by atoms with E-state index in [4.69, 9.17) is 4.74 Å². The van der Waals surface area contributed by atoms with E-state index in [1.807, 2.05) is 31.2 Å². The van der Waals surface area contributed by atoms with Gasteiger partial charge in [0.15, 0.2) is 0 Å². The van der Waals surface area contributed by atoms with Crippen molar-refractivity contribution in [2.45, 2.75) is 19.8 Å². The highest BCUT2D eigenvalue weighted by Crippen LogP contribution is 2.36. The average Bonchev–Trinajstić information content (AvgIpc) is 2.73. The summed E-state index contributed by atoms with van der Waals surface area (Å²) in [6, 6.07) is 5.82. The van der Waals surface area contributed by atoms with E-state index in [0.717, 1.165) is 28.9 Å². The first kappa shape index (κ1) is 11.7. The summed E-state index contributed by atoms with van der Waals surface area (Å²) < 4.78 is 5.17. The van der Waals surface area contributed by atoms with Crippen molar-refractivity contribution in [3.8, 4) is 5.75 Å². The number of carbonyl (C=O) groups is 1. The fourth-order valence-electron chi connectivity index (χ4n) is 2.33. The van der Waals surface area contributed by atoms with Gasteiger partial charge in [-0.15, -0.1) is 0 Å². The van der Waals surface area contributed by atoms with Gasteiger partial charge in [0, 0.05) is 0 Å². The van der Waals surface area contributed by atoms with Crippen molar-refractivity contribution >= 4 is 11.5 Å². The van der Waals surface area contributed by atoms with Gasteiger partial charge in [0.2, 0.25) is 0 Å². The minimum atomic E-state index is -0.748. The van der Waals surface area contributed by atoms with Gasteiger partial charge in [0.1, 0.15) is 5.75 Å². The number of ether oxygens (including phenoxy) is 1. The molecule has 2 rings (SSSR count). The Morgan fingerprint density at radius 1 is 1.53 bits per heavy atom. The maximum Gasteiger partial charge on any atom is 0.310 e. The van der Waals surface area contributed by atoms with Crippen LogP contribution in [-0.2, 0) is 11.2 Å². The molecule has 0 saturated carbocycles. The number of allylic oxidation sites excluding steroid dienone is 1. The molecule has 0 fully saturated rings. The van der Waals surface area contributed by atoms with Crippen molar-refractivity contribution < 1.29 is 14.6 Å². The largest absolute Gasteiger partial charge is 0.497 e. The van der Waals surface area contributed by atoms with Crippen molar-refractivity contribution in [2.75, 3.05) is 7.11 Å². The zero-order valence-corrected chi connectivity index (χ0v) is 10.1. The van der Waals surface area contributed by atoms with Crippen molar-refractivity contribution in [1.29, 1.82) is 0 Å². The summed E-state index contributed by atoms with van der Waals surface area (Å²) in [5, 5.41) is 9.19. The molecule has 1 aliphatic carbocycles. The predicted octanol–water partition coefficient (Wildman–Crippen LogP) is 2.75. The highest BCUT2D eigenvalue weighted by molar-refractivity contribution is 5.90. The van der Waals surface area contributed by atoms with Crippen LogP contribution in [0.4, 0.5) is 0 Å². The highest BCUT2D eigenvalue weighted by Gasteiger charge is 2.26. The molecule has 1 aliphatic rings. The summed E-state index contributed by atoms with van der Waals surface area (Å²) >= 11 is 0. The Bertz CT molecular complexity index is 474. The third-order valence-electron chi connectivity index (χ3n) is 3.25. The van der Waals surface area contributed by atoms with Gasteiger partial charge < -0.3 is 9.84 Å². The maximum absolute atomic E-state index is 11.2.